The van der Waals surface area contributed by atoms with Gasteiger partial charge in [0.25, 0.3) is 0 Å². The minimum Gasteiger partial charge on any atom is -0.342 e. The quantitative estimate of drug-likeness (QED) is 0.742. The number of halogens is 2. The third-order valence-electron chi connectivity index (χ3n) is 5.10. The van der Waals surface area contributed by atoms with Crippen molar-refractivity contribution in [3.05, 3.63) is 33.8 Å². The Morgan fingerprint density at radius 2 is 2.09 bits per heavy atom. The monoisotopic (exact) mass is 353 g/mol. The number of amides is 1. The lowest BCUT2D eigenvalue weighted by molar-refractivity contribution is -0.134. The van der Waals surface area contributed by atoms with Gasteiger partial charge in [0.1, 0.15) is 6.29 Å². The molecule has 0 unspecified atom stereocenters. The first-order valence-electron chi connectivity index (χ1n) is 8.21. The molecule has 1 aromatic rings. The van der Waals surface area contributed by atoms with E-state index in [9.17, 15) is 9.59 Å². The van der Waals surface area contributed by atoms with Gasteiger partial charge in [-0.05, 0) is 49.3 Å². The fraction of sp³-hybridized carbons (Fsp3) is 0.556. The van der Waals surface area contributed by atoms with Crippen LogP contribution in [0.3, 0.4) is 0 Å². The van der Waals surface area contributed by atoms with Crippen molar-refractivity contribution in [1.29, 1.82) is 0 Å². The molecule has 0 aromatic heterocycles. The van der Waals surface area contributed by atoms with Crippen molar-refractivity contribution < 1.29 is 9.59 Å². The van der Waals surface area contributed by atoms with E-state index in [1.54, 1.807) is 6.07 Å². The van der Waals surface area contributed by atoms with Crippen LogP contribution < -0.4 is 0 Å². The summed E-state index contributed by atoms with van der Waals surface area (Å²) in [5.41, 5.74) is 0.663. The first-order valence-corrected chi connectivity index (χ1v) is 8.97. The lowest BCUT2D eigenvalue weighted by Gasteiger charge is -2.42. The smallest absolute Gasteiger partial charge is 0.222 e. The Balaban J connectivity index is 1.84. The zero-order valence-corrected chi connectivity index (χ0v) is 14.6. The van der Waals surface area contributed by atoms with Crippen LogP contribution in [0.15, 0.2) is 18.2 Å². The van der Waals surface area contributed by atoms with E-state index in [1.807, 2.05) is 17.0 Å². The van der Waals surface area contributed by atoms with Crippen LogP contribution in [0.1, 0.15) is 44.1 Å². The predicted molar refractivity (Wildman–Crippen MR) is 92.0 cm³/mol. The molecular weight excluding hydrogens is 333 g/mol. The van der Waals surface area contributed by atoms with E-state index in [0.29, 0.717) is 35.3 Å². The first kappa shape index (κ1) is 16.8. The van der Waals surface area contributed by atoms with E-state index < -0.39 is 0 Å². The molecule has 5 heteroatoms. The van der Waals surface area contributed by atoms with Gasteiger partial charge in [-0.1, -0.05) is 29.3 Å². The Morgan fingerprint density at radius 1 is 1.30 bits per heavy atom. The molecule has 3 nitrogen and oxygen atoms in total. The summed E-state index contributed by atoms with van der Waals surface area (Å²) >= 11 is 12.2. The molecular formula is C18H21Cl2NO2. The number of nitrogens with zero attached hydrogens (tertiary/aromatic N) is 1. The van der Waals surface area contributed by atoms with Gasteiger partial charge in [-0.3, -0.25) is 4.79 Å². The molecule has 2 fully saturated rings. The summed E-state index contributed by atoms with van der Waals surface area (Å²) in [6.45, 7) is 1.38. The van der Waals surface area contributed by atoms with E-state index in [-0.39, 0.29) is 11.3 Å². The molecule has 0 bridgehead atoms. The number of hydrogen-bond donors (Lipinski definition) is 0. The van der Waals surface area contributed by atoms with Gasteiger partial charge in [-0.25, -0.2) is 0 Å². The third-order valence-corrected chi connectivity index (χ3v) is 5.83. The number of carbonyl (C=O) groups is 2. The minimum absolute atomic E-state index is 0.225. The number of benzene rings is 1. The van der Waals surface area contributed by atoms with Crippen molar-refractivity contribution in [1.82, 2.24) is 4.90 Å². The summed E-state index contributed by atoms with van der Waals surface area (Å²) < 4.78 is 0. The van der Waals surface area contributed by atoms with Gasteiger partial charge in [0.2, 0.25) is 5.91 Å². The minimum atomic E-state index is -0.340. The molecule has 0 radical (unpaired) electrons. The first-order chi connectivity index (χ1) is 11.0. The molecule has 1 aliphatic carbocycles. The van der Waals surface area contributed by atoms with Gasteiger partial charge in [-0.2, -0.15) is 0 Å². The molecule has 0 spiro atoms. The van der Waals surface area contributed by atoms with Crippen LogP contribution in [0.4, 0.5) is 0 Å². The highest BCUT2D eigenvalue weighted by Crippen LogP contribution is 2.40. The van der Waals surface area contributed by atoms with Crippen LogP contribution in [0, 0.1) is 5.92 Å². The Bertz CT molecular complexity index is 615. The molecule has 1 saturated carbocycles. The summed E-state index contributed by atoms with van der Waals surface area (Å²) in [5.74, 6) is 0.803. The lowest BCUT2D eigenvalue weighted by Crippen LogP contribution is -2.48. The van der Waals surface area contributed by atoms with Gasteiger partial charge >= 0.3 is 0 Å². The van der Waals surface area contributed by atoms with Crippen LogP contribution in [-0.4, -0.2) is 30.2 Å². The molecule has 0 N–H and O–H groups in total. The summed E-state index contributed by atoms with van der Waals surface area (Å²) in [6, 6.07) is 5.56. The van der Waals surface area contributed by atoms with Gasteiger partial charge in [0.05, 0.1) is 10.0 Å². The fourth-order valence-corrected chi connectivity index (χ4v) is 3.85. The molecule has 1 saturated heterocycles. The molecule has 1 heterocycles. The Kier molecular flexibility index (Phi) is 4.98. The van der Waals surface area contributed by atoms with Crippen LogP contribution in [0.5, 0.6) is 0 Å². The average molecular weight is 354 g/mol. The second kappa shape index (κ2) is 6.82. The highest BCUT2D eigenvalue weighted by Gasteiger charge is 2.39. The zero-order valence-electron chi connectivity index (χ0n) is 13.1. The van der Waals surface area contributed by atoms with E-state index in [1.165, 1.54) is 12.8 Å². The average Bonchev–Trinajstić information content (AvgIpc) is 3.34. The van der Waals surface area contributed by atoms with Crippen molar-refractivity contribution in [2.75, 3.05) is 13.1 Å². The molecule has 1 atom stereocenters. The highest BCUT2D eigenvalue weighted by atomic mass is 35.5. The van der Waals surface area contributed by atoms with Crippen LogP contribution in [0.25, 0.3) is 0 Å². The Morgan fingerprint density at radius 3 is 2.74 bits per heavy atom. The standard InChI is InChI=1S/C18H21Cl2NO2/c19-15-5-4-14(11-16(15)20)18(7-9-22)6-1-8-21(12-18)17(23)10-13-2-3-13/h4-5,9,11,13H,1-3,6-8,10,12H2/t18-/m1/s1. The molecule has 1 aromatic carbocycles. The second-order valence-electron chi connectivity index (χ2n) is 6.85. The summed E-state index contributed by atoms with van der Waals surface area (Å²) in [7, 11) is 0. The molecule has 1 aliphatic heterocycles. The molecule has 23 heavy (non-hydrogen) atoms. The zero-order chi connectivity index (χ0) is 16.4. The van der Waals surface area contributed by atoms with Crippen molar-refractivity contribution in [2.24, 2.45) is 5.92 Å². The molecule has 124 valence electrons. The van der Waals surface area contributed by atoms with E-state index in [4.69, 9.17) is 23.2 Å². The number of rotatable bonds is 5. The Hall–Kier alpha value is -1.06. The number of piperidine rings is 1. The fourth-order valence-electron chi connectivity index (χ4n) is 3.55. The van der Waals surface area contributed by atoms with Crippen LogP contribution in [0.2, 0.25) is 10.0 Å². The van der Waals surface area contributed by atoms with E-state index >= 15 is 0 Å². The van der Waals surface area contributed by atoms with E-state index in [2.05, 4.69) is 0 Å². The van der Waals surface area contributed by atoms with Gasteiger partial charge in [0.15, 0.2) is 0 Å². The largest absolute Gasteiger partial charge is 0.342 e. The molecule has 3 rings (SSSR count). The van der Waals surface area contributed by atoms with Gasteiger partial charge < -0.3 is 9.69 Å². The van der Waals surface area contributed by atoms with Gasteiger partial charge in [-0.15, -0.1) is 0 Å². The normalized spacial score (nSPS) is 24.5. The van der Waals surface area contributed by atoms with E-state index in [0.717, 1.165) is 31.2 Å². The highest BCUT2D eigenvalue weighted by molar-refractivity contribution is 6.42. The van der Waals surface area contributed by atoms with Crippen molar-refractivity contribution >= 4 is 35.4 Å². The third kappa shape index (κ3) is 3.72. The maximum Gasteiger partial charge on any atom is 0.222 e. The second-order valence-corrected chi connectivity index (χ2v) is 7.66. The SMILES string of the molecule is O=CC[C@]1(c2ccc(Cl)c(Cl)c2)CCCN(C(=O)CC2CC2)C1. The van der Waals surface area contributed by atoms with Crippen LogP contribution in [-0.2, 0) is 15.0 Å². The number of carbonyl (C=O) groups excluding carboxylic acids is 2. The summed E-state index contributed by atoms with van der Waals surface area (Å²) in [4.78, 5) is 25.7. The van der Waals surface area contributed by atoms with Crippen molar-refractivity contribution in [2.45, 2.75) is 43.9 Å². The number of hydrogen-bond acceptors (Lipinski definition) is 2. The van der Waals surface area contributed by atoms with Gasteiger partial charge in [0, 0.05) is 31.3 Å². The number of likely N-dealkylation sites (tertiary alicyclic amines) is 1. The van der Waals surface area contributed by atoms with Crippen LogP contribution >= 0.6 is 23.2 Å². The maximum atomic E-state index is 12.5. The number of aldehydes is 1. The topological polar surface area (TPSA) is 37.4 Å². The maximum absolute atomic E-state index is 12.5. The molecule has 2 aliphatic rings. The lowest BCUT2D eigenvalue weighted by atomic mass is 9.72. The summed E-state index contributed by atoms with van der Waals surface area (Å²) in [5, 5.41) is 1.00. The van der Waals surface area contributed by atoms with Crippen molar-refractivity contribution in [3.63, 3.8) is 0 Å². The molecule has 1 amide bonds. The predicted octanol–water partition coefficient (Wildman–Crippen LogP) is 4.24. The van der Waals surface area contributed by atoms with Crippen molar-refractivity contribution in [3.8, 4) is 0 Å². The Labute approximate surface area is 146 Å². The summed E-state index contributed by atoms with van der Waals surface area (Å²) in [6.07, 6.45) is 6.15.